The van der Waals surface area contributed by atoms with Gasteiger partial charge >= 0.3 is 0 Å². The van der Waals surface area contributed by atoms with E-state index in [1.54, 1.807) is 18.3 Å². The molecule has 0 aliphatic heterocycles. The Kier molecular flexibility index (Phi) is 2.64. The maximum Gasteiger partial charge on any atom is 0.141 e. The quantitative estimate of drug-likeness (QED) is 0.745. The summed E-state index contributed by atoms with van der Waals surface area (Å²) in [5.74, 6) is 0.402. The van der Waals surface area contributed by atoms with Crippen LogP contribution in [0.25, 0.3) is 10.2 Å². The maximum atomic E-state index is 11.5. The summed E-state index contributed by atoms with van der Waals surface area (Å²) in [7, 11) is 0. The summed E-state index contributed by atoms with van der Waals surface area (Å²) in [6.07, 6.45) is 4.18. The molecule has 0 bridgehead atoms. The van der Waals surface area contributed by atoms with Crippen molar-refractivity contribution in [3.8, 4) is 0 Å². The number of thiophene rings is 1. The lowest BCUT2D eigenvalue weighted by molar-refractivity contribution is -0.121. The fraction of sp³-hybridized carbons (Fsp3) is 0.417. The first-order valence-electron chi connectivity index (χ1n) is 5.58. The van der Waals surface area contributed by atoms with Gasteiger partial charge in [0, 0.05) is 10.8 Å². The van der Waals surface area contributed by atoms with E-state index in [1.165, 1.54) is 16.8 Å². The third-order valence-electron chi connectivity index (χ3n) is 3.37. The summed E-state index contributed by atoms with van der Waals surface area (Å²) >= 11 is 7.81. The van der Waals surface area contributed by atoms with Gasteiger partial charge in [-0.2, -0.15) is 0 Å². The first-order chi connectivity index (χ1) is 8.16. The summed E-state index contributed by atoms with van der Waals surface area (Å²) in [6, 6.07) is 0. The number of nitrogens with zero attached hydrogens (tertiary/aromatic N) is 2. The number of halogens is 1. The van der Waals surface area contributed by atoms with Crippen molar-refractivity contribution in [2.24, 2.45) is 5.92 Å². The molecule has 0 amide bonds. The van der Waals surface area contributed by atoms with E-state index >= 15 is 0 Å². The van der Waals surface area contributed by atoms with E-state index in [0.29, 0.717) is 5.15 Å². The van der Waals surface area contributed by atoms with Crippen LogP contribution in [0.3, 0.4) is 0 Å². The van der Waals surface area contributed by atoms with E-state index in [1.807, 2.05) is 0 Å². The van der Waals surface area contributed by atoms with Gasteiger partial charge in [0.05, 0.1) is 5.39 Å². The van der Waals surface area contributed by atoms with Crippen LogP contribution < -0.4 is 0 Å². The van der Waals surface area contributed by atoms with Crippen LogP contribution in [-0.2, 0) is 17.6 Å². The Hall–Kier alpha value is -1.00. The average molecular weight is 267 g/mol. The molecule has 88 valence electrons. The molecule has 0 aromatic carbocycles. The summed E-state index contributed by atoms with van der Waals surface area (Å²) in [5, 5.41) is 1.47. The van der Waals surface area contributed by atoms with Gasteiger partial charge in [-0.05, 0) is 31.7 Å². The van der Waals surface area contributed by atoms with Gasteiger partial charge in [-0.15, -0.1) is 11.3 Å². The highest BCUT2D eigenvalue weighted by molar-refractivity contribution is 7.19. The Balaban J connectivity index is 2.17. The van der Waals surface area contributed by atoms with Crippen LogP contribution in [0.1, 0.15) is 23.8 Å². The standard InChI is InChI=1S/C12H11ClN2OS/c1-6(16)7-2-3-9-8(4-7)10-11(13)14-5-15-12(10)17-9/h5,7H,2-4H2,1H3. The largest absolute Gasteiger partial charge is 0.300 e. The van der Waals surface area contributed by atoms with Crippen molar-refractivity contribution in [3.63, 3.8) is 0 Å². The summed E-state index contributed by atoms with van der Waals surface area (Å²) in [5.41, 5.74) is 1.20. The van der Waals surface area contributed by atoms with Crippen LogP contribution >= 0.6 is 22.9 Å². The van der Waals surface area contributed by atoms with Crippen molar-refractivity contribution in [1.29, 1.82) is 0 Å². The second-order valence-corrected chi connectivity index (χ2v) is 5.84. The lowest BCUT2D eigenvalue weighted by Crippen LogP contribution is -2.19. The van der Waals surface area contributed by atoms with Crippen LogP contribution in [-0.4, -0.2) is 15.8 Å². The fourth-order valence-corrected chi connectivity index (χ4v) is 3.90. The smallest absolute Gasteiger partial charge is 0.141 e. The third-order valence-corrected chi connectivity index (χ3v) is 4.86. The summed E-state index contributed by atoms with van der Waals surface area (Å²) in [6.45, 7) is 1.67. The Labute approximate surface area is 108 Å². The van der Waals surface area contributed by atoms with Crippen molar-refractivity contribution in [1.82, 2.24) is 9.97 Å². The molecule has 5 heteroatoms. The number of ketones is 1. The first kappa shape index (κ1) is 11.1. The first-order valence-corrected chi connectivity index (χ1v) is 6.77. The maximum absolute atomic E-state index is 11.5. The number of Topliss-reactive ketones (excluding diaryl/α,β-unsaturated/α-hetero) is 1. The minimum absolute atomic E-state index is 0.136. The monoisotopic (exact) mass is 266 g/mol. The van der Waals surface area contributed by atoms with Gasteiger partial charge < -0.3 is 0 Å². The molecular formula is C12H11ClN2OS. The van der Waals surface area contributed by atoms with Crippen molar-refractivity contribution in [3.05, 3.63) is 21.9 Å². The average Bonchev–Trinajstić information content (AvgIpc) is 2.67. The van der Waals surface area contributed by atoms with Crippen molar-refractivity contribution >= 4 is 38.9 Å². The second kappa shape index (κ2) is 4.03. The molecule has 0 saturated heterocycles. The van der Waals surface area contributed by atoms with Crippen molar-refractivity contribution in [2.45, 2.75) is 26.2 Å². The molecule has 1 aliphatic carbocycles. The number of hydrogen-bond acceptors (Lipinski definition) is 4. The second-order valence-electron chi connectivity index (χ2n) is 4.40. The highest BCUT2D eigenvalue weighted by Gasteiger charge is 2.26. The molecule has 0 fully saturated rings. The Morgan fingerprint density at radius 2 is 2.35 bits per heavy atom. The number of carbonyl (C=O) groups excluding carboxylic acids is 1. The number of rotatable bonds is 1. The normalized spacial score (nSPS) is 19.3. The molecule has 2 aromatic rings. The topological polar surface area (TPSA) is 42.9 Å². The van der Waals surface area contributed by atoms with E-state index in [2.05, 4.69) is 9.97 Å². The van der Waals surface area contributed by atoms with Crippen LogP contribution in [0.15, 0.2) is 6.33 Å². The zero-order chi connectivity index (χ0) is 12.0. The number of aromatic nitrogens is 2. The molecule has 3 nitrogen and oxygen atoms in total. The number of carbonyl (C=O) groups is 1. The van der Waals surface area contributed by atoms with Crippen molar-refractivity contribution in [2.75, 3.05) is 0 Å². The number of aryl methyl sites for hydroxylation is 1. The molecule has 0 N–H and O–H groups in total. The Bertz CT molecular complexity index is 608. The predicted octanol–water partition coefficient (Wildman–Crippen LogP) is 3.04. The fourth-order valence-electron chi connectivity index (χ4n) is 2.42. The Morgan fingerprint density at radius 3 is 3.12 bits per heavy atom. The summed E-state index contributed by atoms with van der Waals surface area (Å²) in [4.78, 5) is 22.0. The molecule has 0 radical (unpaired) electrons. The minimum Gasteiger partial charge on any atom is -0.300 e. The van der Waals surface area contributed by atoms with Gasteiger partial charge in [0.25, 0.3) is 0 Å². The van der Waals surface area contributed by atoms with Gasteiger partial charge in [0.1, 0.15) is 22.1 Å². The summed E-state index contributed by atoms with van der Waals surface area (Å²) < 4.78 is 0. The molecule has 1 atom stereocenters. The zero-order valence-corrected chi connectivity index (χ0v) is 10.9. The van der Waals surface area contributed by atoms with Crippen LogP contribution in [0.4, 0.5) is 0 Å². The lowest BCUT2D eigenvalue weighted by Gasteiger charge is -2.19. The van der Waals surface area contributed by atoms with Crippen LogP contribution in [0, 0.1) is 5.92 Å². The Morgan fingerprint density at radius 1 is 1.53 bits per heavy atom. The minimum atomic E-state index is 0.136. The predicted molar refractivity (Wildman–Crippen MR) is 68.6 cm³/mol. The van der Waals surface area contributed by atoms with E-state index in [9.17, 15) is 4.79 Å². The molecule has 1 aliphatic rings. The molecule has 17 heavy (non-hydrogen) atoms. The van der Waals surface area contributed by atoms with Crippen LogP contribution in [0.2, 0.25) is 5.15 Å². The molecule has 3 rings (SSSR count). The molecule has 0 saturated carbocycles. The molecule has 1 unspecified atom stereocenters. The van der Waals surface area contributed by atoms with Crippen LogP contribution in [0.5, 0.6) is 0 Å². The van der Waals surface area contributed by atoms with E-state index < -0.39 is 0 Å². The highest BCUT2D eigenvalue weighted by atomic mass is 35.5. The van der Waals surface area contributed by atoms with Gasteiger partial charge in [-0.1, -0.05) is 11.6 Å². The van der Waals surface area contributed by atoms with Crippen molar-refractivity contribution < 1.29 is 4.79 Å². The molecule has 2 heterocycles. The third kappa shape index (κ3) is 1.76. The van der Waals surface area contributed by atoms with E-state index in [0.717, 1.165) is 29.5 Å². The number of hydrogen-bond donors (Lipinski definition) is 0. The number of fused-ring (bicyclic) bond motifs is 3. The van der Waals surface area contributed by atoms with Gasteiger partial charge in [-0.25, -0.2) is 9.97 Å². The SMILES string of the molecule is CC(=O)C1CCc2sc3ncnc(Cl)c3c2C1. The molecule has 2 aromatic heterocycles. The van der Waals surface area contributed by atoms with E-state index in [-0.39, 0.29) is 11.7 Å². The zero-order valence-electron chi connectivity index (χ0n) is 9.36. The van der Waals surface area contributed by atoms with Gasteiger partial charge in [0.2, 0.25) is 0 Å². The molecule has 0 spiro atoms. The van der Waals surface area contributed by atoms with E-state index in [4.69, 9.17) is 11.6 Å². The van der Waals surface area contributed by atoms with Gasteiger partial charge in [0.15, 0.2) is 0 Å². The molecular weight excluding hydrogens is 256 g/mol. The van der Waals surface area contributed by atoms with Gasteiger partial charge in [-0.3, -0.25) is 4.79 Å². The highest BCUT2D eigenvalue weighted by Crippen LogP contribution is 2.39. The lowest BCUT2D eigenvalue weighted by atomic mass is 9.85.